The summed E-state index contributed by atoms with van der Waals surface area (Å²) in [6.45, 7) is 3.87. The van der Waals surface area contributed by atoms with Crippen molar-refractivity contribution in [2.75, 3.05) is 5.32 Å². The molecule has 0 spiro atoms. The van der Waals surface area contributed by atoms with E-state index in [9.17, 15) is 15.0 Å². The van der Waals surface area contributed by atoms with Crippen molar-refractivity contribution in [2.24, 2.45) is 0 Å². The van der Waals surface area contributed by atoms with Crippen LogP contribution in [0.2, 0.25) is 0 Å². The molecule has 5 heteroatoms. The lowest BCUT2D eigenvalue weighted by Gasteiger charge is -2.11. The number of nitrogens with one attached hydrogen (secondary N) is 1. The highest BCUT2D eigenvalue weighted by atomic mass is 16.5. The molecule has 0 unspecified atom stereocenters. The Labute approximate surface area is 122 Å². The number of benzene rings is 2. The van der Waals surface area contributed by atoms with E-state index < -0.39 is 5.91 Å². The molecule has 110 valence electrons. The van der Waals surface area contributed by atoms with Gasteiger partial charge in [0.25, 0.3) is 5.91 Å². The van der Waals surface area contributed by atoms with Crippen molar-refractivity contribution in [1.82, 2.24) is 0 Å². The highest BCUT2D eigenvalue weighted by Crippen LogP contribution is 2.22. The van der Waals surface area contributed by atoms with Gasteiger partial charge < -0.3 is 20.3 Å². The zero-order chi connectivity index (χ0) is 15.4. The number of carbonyl (C=O) groups is 1. The predicted molar refractivity (Wildman–Crippen MR) is 79.9 cm³/mol. The maximum absolute atomic E-state index is 12.0. The van der Waals surface area contributed by atoms with Gasteiger partial charge in [0.15, 0.2) is 0 Å². The van der Waals surface area contributed by atoms with Crippen LogP contribution in [0, 0.1) is 0 Å². The molecule has 0 heterocycles. The van der Waals surface area contributed by atoms with Crippen LogP contribution in [0.1, 0.15) is 24.2 Å². The Hall–Kier alpha value is -2.69. The standard InChI is InChI=1S/C16H17NO4/c1-10(2)21-15-5-3-12(4-6-15)17-16(20)11-7-13(18)9-14(19)8-11/h3-10,18-19H,1-2H3,(H,17,20). The molecule has 5 nitrogen and oxygen atoms in total. The number of hydrogen-bond acceptors (Lipinski definition) is 4. The normalized spacial score (nSPS) is 10.4. The predicted octanol–water partition coefficient (Wildman–Crippen LogP) is 3.14. The summed E-state index contributed by atoms with van der Waals surface area (Å²) < 4.78 is 5.51. The van der Waals surface area contributed by atoms with E-state index in [1.807, 2.05) is 13.8 Å². The quantitative estimate of drug-likeness (QED) is 0.807. The van der Waals surface area contributed by atoms with E-state index in [-0.39, 0.29) is 23.2 Å². The molecule has 0 aliphatic heterocycles. The van der Waals surface area contributed by atoms with Gasteiger partial charge in [0.1, 0.15) is 17.2 Å². The Bertz CT molecular complexity index is 615. The highest BCUT2D eigenvalue weighted by Gasteiger charge is 2.09. The number of anilines is 1. The van der Waals surface area contributed by atoms with Gasteiger partial charge in [0.05, 0.1) is 6.10 Å². The minimum absolute atomic E-state index is 0.0840. The van der Waals surface area contributed by atoms with Crippen LogP contribution in [0.5, 0.6) is 17.2 Å². The summed E-state index contributed by atoms with van der Waals surface area (Å²) in [6, 6.07) is 10.7. The van der Waals surface area contributed by atoms with E-state index in [2.05, 4.69) is 5.32 Å². The van der Waals surface area contributed by atoms with Crippen LogP contribution in [-0.4, -0.2) is 22.2 Å². The molecular weight excluding hydrogens is 270 g/mol. The summed E-state index contributed by atoms with van der Waals surface area (Å²) in [6.07, 6.45) is 0.0840. The lowest BCUT2D eigenvalue weighted by Crippen LogP contribution is -2.11. The van der Waals surface area contributed by atoms with Crippen LogP contribution in [0.4, 0.5) is 5.69 Å². The third kappa shape index (κ3) is 4.14. The molecule has 0 fully saturated rings. The third-order valence-electron chi connectivity index (χ3n) is 2.65. The molecule has 3 N–H and O–H groups in total. The first-order valence-electron chi connectivity index (χ1n) is 6.55. The zero-order valence-electron chi connectivity index (χ0n) is 11.8. The smallest absolute Gasteiger partial charge is 0.255 e. The fourth-order valence-electron chi connectivity index (χ4n) is 1.82. The van der Waals surface area contributed by atoms with E-state index in [1.165, 1.54) is 12.1 Å². The van der Waals surface area contributed by atoms with Crippen molar-refractivity contribution >= 4 is 11.6 Å². The average molecular weight is 287 g/mol. The van der Waals surface area contributed by atoms with Crippen molar-refractivity contribution < 1.29 is 19.7 Å². The van der Waals surface area contributed by atoms with Crippen molar-refractivity contribution in [2.45, 2.75) is 20.0 Å². The summed E-state index contributed by atoms with van der Waals surface area (Å²) in [4.78, 5) is 12.0. The van der Waals surface area contributed by atoms with Gasteiger partial charge in [0, 0.05) is 17.3 Å². The second-order valence-corrected chi connectivity index (χ2v) is 4.88. The summed E-state index contributed by atoms with van der Waals surface area (Å²) in [5.74, 6) is -0.0293. The van der Waals surface area contributed by atoms with Gasteiger partial charge in [-0.15, -0.1) is 0 Å². The van der Waals surface area contributed by atoms with Gasteiger partial charge in [-0.25, -0.2) is 0 Å². The number of phenolic OH excluding ortho intramolecular Hbond substituents is 2. The van der Waals surface area contributed by atoms with Crippen molar-refractivity contribution in [3.8, 4) is 17.2 Å². The van der Waals surface area contributed by atoms with Crippen molar-refractivity contribution in [3.63, 3.8) is 0 Å². The minimum atomic E-state index is -0.418. The first-order chi connectivity index (χ1) is 9.94. The zero-order valence-corrected chi connectivity index (χ0v) is 11.8. The molecule has 0 aromatic heterocycles. The lowest BCUT2D eigenvalue weighted by molar-refractivity contribution is 0.102. The van der Waals surface area contributed by atoms with E-state index in [0.717, 1.165) is 11.8 Å². The van der Waals surface area contributed by atoms with E-state index in [1.54, 1.807) is 24.3 Å². The number of rotatable bonds is 4. The van der Waals surface area contributed by atoms with E-state index in [4.69, 9.17) is 4.74 Å². The molecule has 1 amide bonds. The van der Waals surface area contributed by atoms with E-state index in [0.29, 0.717) is 5.69 Å². The molecule has 0 radical (unpaired) electrons. The fraction of sp³-hybridized carbons (Fsp3) is 0.188. The monoisotopic (exact) mass is 287 g/mol. The molecule has 0 saturated carbocycles. The molecule has 2 aromatic rings. The Morgan fingerprint density at radius 1 is 1.05 bits per heavy atom. The van der Waals surface area contributed by atoms with Crippen LogP contribution >= 0.6 is 0 Å². The van der Waals surface area contributed by atoms with Gasteiger partial charge >= 0.3 is 0 Å². The van der Waals surface area contributed by atoms with Gasteiger partial charge in [-0.1, -0.05) is 0 Å². The largest absolute Gasteiger partial charge is 0.508 e. The molecule has 0 aliphatic rings. The minimum Gasteiger partial charge on any atom is -0.508 e. The second kappa shape index (κ2) is 6.17. The fourth-order valence-corrected chi connectivity index (χ4v) is 1.82. The molecule has 2 aromatic carbocycles. The van der Waals surface area contributed by atoms with Crippen LogP contribution < -0.4 is 10.1 Å². The first-order valence-corrected chi connectivity index (χ1v) is 6.55. The summed E-state index contributed by atoms with van der Waals surface area (Å²) in [5.41, 5.74) is 0.772. The van der Waals surface area contributed by atoms with Crippen LogP contribution in [-0.2, 0) is 0 Å². The van der Waals surface area contributed by atoms with Crippen LogP contribution in [0.15, 0.2) is 42.5 Å². The maximum atomic E-state index is 12.0. The number of ether oxygens (including phenoxy) is 1. The molecule has 0 atom stereocenters. The van der Waals surface area contributed by atoms with Gasteiger partial charge in [0.2, 0.25) is 0 Å². The number of hydrogen-bond donors (Lipinski definition) is 3. The SMILES string of the molecule is CC(C)Oc1ccc(NC(=O)c2cc(O)cc(O)c2)cc1. The summed E-state index contributed by atoms with van der Waals surface area (Å²) >= 11 is 0. The summed E-state index contributed by atoms with van der Waals surface area (Å²) in [5, 5.41) is 21.4. The summed E-state index contributed by atoms with van der Waals surface area (Å²) in [7, 11) is 0. The Morgan fingerprint density at radius 2 is 1.62 bits per heavy atom. The van der Waals surface area contributed by atoms with Crippen LogP contribution in [0.25, 0.3) is 0 Å². The number of carbonyl (C=O) groups excluding carboxylic acids is 1. The van der Waals surface area contributed by atoms with Gasteiger partial charge in [-0.05, 0) is 50.2 Å². The Balaban J connectivity index is 2.08. The first kappa shape index (κ1) is 14.7. The van der Waals surface area contributed by atoms with Crippen molar-refractivity contribution in [1.29, 1.82) is 0 Å². The Morgan fingerprint density at radius 3 is 2.14 bits per heavy atom. The van der Waals surface area contributed by atoms with Crippen LogP contribution in [0.3, 0.4) is 0 Å². The molecule has 2 rings (SSSR count). The van der Waals surface area contributed by atoms with Crippen molar-refractivity contribution in [3.05, 3.63) is 48.0 Å². The highest BCUT2D eigenvalue weighted by molar-refractivity contribution is 6.04. The van der Waals surface area contributed by atoms with Gasteiger partial charge in [-0.3, -0.25) is 4.79 Å². The Kier molecular flexibility index (Phi) is 4.33. The van der Waals surface area contributed by atoms with Gasteiger partial charge in [-0.2, -0.15) is 0 Å². The second-order valence-electron chi connectivity index (χ2n) is 4.88. The number of phenols is 2. The number of amides is 1. The topological polar surface area (TPSA) is 78.8 Å². The molecular formula is C16H17NO4. The number of aromatic hydroxyl groups is 2. The van der Waals surface area contributed by atoms with E-state index >= 15 is 0 Å². The molecule has 0 saturated heterocycles. The molecule has 0 bridgehead atoms. The molecule has 21 heavy (non-hydrogen) atoms. The third-order valence-corrected chi connectivity index (χ3v) is 2.65. The molecule has 0 aliphatic carbocycles. The average Bonchev–Trinajstić information content (AvgIpc) is 2.39. The lowest BCUT2D eigenvalue weighted by atomic mass is 10.2. The maximum Gasteiger partial charge on any atom is 0.255 e.